The summed E-state index contributed by atoms with van der Waals surface area (Å²) in [5.41, 5.74) is 11.4. The largest absolute Gasteiger partial charge is 0.369 e. The molecule has 1 aliphatic carbocycles. The predicted octanol–water partition coefficient (Wildman–Crippen LogP) is 0.844. The van der Waals surface area contributed by atoms with E-state index in [0.29, 0.717) is 12.6 Å². The summed E-state index contributed by atoms with van der Waals surface area (Å²) in [7, 11) is 0. The third-order valence-electron chi connectivity index (χ3n) is 3.41. The maximum Gasteiger partial charge on any atom is 0.231 e. The zero-order valence-electron chi connectivity index (χ0n) is 10.3. The van der Waals surface area contributed by atoms with Crippen LogP contribution in [0.4, 0.5) is 0 Å². The number of hydrogen-bond donors (Lipinski definition) is 2. The summed E-state index contributed by atoms with van der Waals surface area (Å²) in [4.78, 5) is 13.3. The summed E-state index contributed by atoms with van der Waals surface area (Å²) in [6, 6.07) is 0.567. The molecule has 16 heavy (non-hydrogen) atoms. The molecule has 0 saturated heterocycles. The fourth-order valence-electron chi connectivity index (χ4n) is 2.52. The lowest BCUT2D eigenvalue weighted by Gasteiger charge is -2.37. The molecule has 1 aliphatic rings. The van der Waals surface area contributed by atoms with Gasteiger partial charge in [0.25, 0.3) is 0 Å². The van der Waals surface area contributed by atoms with E-state index in [9.17, 15) is 4.79 Å². The third-order valence-corrected chi connectivity index (χ3v) is 3.41. The average Bonchev–Trinajstić information content (AvgIpc) is 2.24. The average molecular weight is 227 g/mol. The Morgan fingerprint density at radius 1 is 1.38 bits per heavy atom. The minimum absolute atomic E-state index is 0.213. The van der Waals surface area contributed by atoms with Gasteiger partial charge >= 0.3 is 0 Å². The minimum atomic E-state index is -0.242. The van der Waals surface area contributed by atoms with Crippen LogP contribution in [0.3, 0.4) is 0 Å². The number of carbonyl (C=O) groups is 1. The van der Waals surface area contributed by atoms with Crippen LogP contribution in [0.1, 0.15) is 45.4 Å². The fraction of sp³-hybridized carbons (Fsp3) is 0.917. The summed E-state index contributed by atoms with van der Waals surface area (Å²) in [6.45, 7) is 3.46. The highest BCUT2D eigenvalue weighted by Crippen LogP contribution is 2.22. The standard InChI is InChI=1S/C12H25N3O/c1-2-3-8-15(9-12(14)16)11-7-5-4-6-10(11)13/h10-11H,2-9,13H2,1H3,(H2,14,16). The molecule has 1 rings (SSSR count). The molecular formula is C12H25N3O. The molecule has 2 atom stereocenters. The summed E-state index contributed by atoms with van der Waals surface area (Å²) < 4.78 is 0. The number of nitrogens with zero attached hydrogens (tertiary/aromatic N) is 1. The zero-order valence-corrected chi connectivity index (χ0v) is 10.3. The Bertz CT molecular complexity index is 220. The van der Waals surface area contributed by atoms with Crippen LogP contribution in [0.2, 0.25) is 0 Å². The summed E-state index contributed by atoms with van der Waals surface area (Å²) in [6.07, 6.45) is 6.87. The molecule has 0 heterocycles. The normalized spacial score (nSPS) is 25.9. The van der Waals surface area contributed by atoms with E-state index in [1.165, 1.54) is 12.8 Å². The van der Waals surface area contributed by atoms with Crippen LogP contribution in [-0.2, 0) is 4.79 Å². The number of nitrogens with two attached hydrogens (primary N) is 2. The molecule has 0 spiro atoms. The number of amides is 1. The first-order chi connectivity index (χ1) is 7.65. The van der Waals surface area contributed by atoms with Crippen LogP contribution >= 0.6 is 0 Å². The van der Waals surface area contributed by atoms with Crippen molar-refractivity contribution in [1.29, 1.82) is 0 Å². The molecule has 4 N–H and O–H groups in total. The van der Waals surface area contributed by atoms with Gasteiger partial charge in [0.1, 0.15) is 0 Å². The lowest BCUT2D eigenvalue weighted by molar-refractivity contribution is -0.120. The van der Waals surface area contributed by atoms with Crippen LogP contribution in [0, 0.1) is 0 Å². The van der Waals surface area contributed by atoms with Crippen molar-refractivity contribution in [2.45, 2.75) is 57.5 Å². The monoisotopic (exact) mass is 227 g/mol. The van der Waals surface area contributed by atoms with Gasteiger partial charge in [0, 0.05) is 12.1 Å². The predicted molar refractivity (Wildman–Crippen MR) is 65.9 cm³/mol. The van der Waals surface area contributed by atoms with Crippen molar-refractivity contribution < 1.29 is 4.79 Å². The van der Waals surface area contributed by atoms with E-state index in [2.05, 4.69) is 11.8 Å². The van der Waals surface area contributed by atoms with Gasteiger partial charge in [-0.25, -0.2) is 0 Å². The van der Waals surface area contributed by atoms with E-state index < -0.39 is 0 Å². The smallest absolute Gasteiger partial charge is 0.231 e. The molecular weight excluding hydrogens is 202 g/mol. The third kappa shape index (κ3) is 4.10. The topological polar surface area (TPSA) is 72.3 Å². The van der Waals surface area contributed by atoms with Gasteiger partial charge in [-0.3, -0.25) is 9.69 Å². The molecule has 1 amide bonds. The molecule has 0 aromatic heterocycles. The van der Waals surface area contributed by atoms with Crippen LogP contribution in [0.25, 0.3) is 0 Å². The quantitative estimate of drug-likeness (QED) is 0.706. The van der Waals surface area contributed by atoms with Gasteiger partial charge in [-0.2, -0.15) is 0 Å². The Kier molecular flexibility index (Phi) is 5.77. The van der Waals surface area contributed by atoms with E-state index in [-0.39, 0.29) is 11.9 Å². The van der Waals surface area contributed by atoms with Crippen LogP contribution < -0.4 is 11.5 Å². The molecule has 2 unspecified atom stereocenters. The first-order valence-corrected chi connectivity index (χ1v) is 6.43. The Morgan fingerprint density at radius 3 is 2.62 bits per heavy atom. The molecule has 0 radical (unpaired) electrons. The summed E-state index contributed by atoms with van der Waals surface area (Å²) in [5, 5.41) is 0. The number of rotatable bonds is 6. The van der Waals surface area contributed by atoms with Gasteiger partial charge in [-0.05, 0) is 25.8 Å². The second-order valence-electron chi connectivity index (χ2n) is 4.81. The van der Waals surface area contributed by atoms with Gasteiger partial charge in [-0.1, -0.05) is 26.2 Å². The highest BCUT2D eigenvalue weighted by atomic mass is 16.1. The van der Waals surface area contributed by atoms with Crippen molar-refractivity contribution in [3.63, 3.8) is 0 Å². The number of primary amides is 1. The molecule has 94 valence electrons. The van der Waals surface area contributed by atoms with Crippen molar-refractivity contribution in [1.82, 2.24) is 4.90 Å². The number of hydrogen-bond acceptors (Lipinski definition) is 3. The van der Waals surface area contributed by atoms with E-state index in [4.69, 9.17) is 11.5 Å². The highest BCUT2D eigenvalue weighted by Gasteiger charge is 2.27. The van der Waals surface area contributed by atoms with Crippen molar-refractivity contribution >= 4 is 5.91 Å². The molecule has 1 saturated carbocycles. The van der Waals surface area contributed by atoms with Gasteiger partial charge in [0.2, 0.25) is 5.91 Å². The maximum atomic E-state index is 11.1. The Morgan fingerprint density at radius 2 is 2.06 bits per heavy atom. The second kappa shape index (κ2) is 6.86. The second-order valence-corrected chi connectivity index (χ2v) is 4.81. The molecule has 0 aliphatic heterocycles. The van der Waals surface area contributed by atoms with E-state index in [0.717, 1.165) is 32.2 Å². The van der Waals surface area contributed by atoms with Gasteiger partial charge in [0.05, 0.1) is 6.54 Å². The molecule has 0 aromatic carbocycles. The Balaban J connectivity index is 2.54. The fourth-order valence-corrected chi connectivity index (χ4v) is 2.52. The molecule has 4 nitrogen and oxygen atoms in total. The first kappa shape index (κ1) is 13.5. The number of carbonyl (C=O) groups excluding carboxylic acids is 1. The summed E-state index contributed by atoms with van der Waals surface area (Å²) in [5.74, 6) is -0.242. The Hall–Kier alpha value is -0.610. The Labute approximate surface area is 98.3 Å². The zero-order chi connectivity index (χ0) is 12.0. The van der Waals surface area contributed by atoms with E-state index in [1.54, 1.807) is 0 Å². The summed E-state index contributed by atoms with van der Waals surface area (Å²) >= 11 is 0. The van der Waals surface area contributed by atoms with Gasteiger partial charge in [0.15, 0.2) is 0 Å². The number of unbranched alkanes of at least 4 members (excludes halogenated alkanes) is 1. The van der Waals surface area contributed by atoms with Crippen molar-refractivity contribution in [3.8, 4) is 0 Å². The molecule has 0 bridgehead atoms. The maximum absolute atomic E-state index is 11.1. The van der Waals surface area contributed by atoms with Gasteiger partial charge in [-0.15, -0.1) is 0 Å². The van der Waals surface area contributed by atoms with Crippen molar-refractivity contribution in [2.75, 3.05) is 13.1 Å². The molecule has 1 fully saturated rings. The van der Waals surface area contributed by atoms with Gasteiger partial charge < -0.3 is 11.5 Å². The van der Waals surface area contributed by atoms with E-state index >= 15 is 0 Å². The lowest BCUT2D eigenvalue weighted by atomic mass is 9.89. The van der Waals surface area contributed by atoms with Crippen LogP contribution in [0.15, 0.2) is 0 Å². The van der Waals surface area contributed by atoms with Crippen molar-refractivity contribution in [3.05, 3.63) is 0 Å². The minimum Gasteiger partial charge on any atom is -0.369 e. The highest BCUT2D eigenvalue weighted by molar-refractivity contribution is 5.75. The van der Waals surface area contributed by atoms with Crippen LogP contribution in [0.5, 0.6) is 0 Å². The van der Waals surface area contributed by atoms with Crippen LogP contribution in [-0.4, -0.2) is 36.0 Å². The first-order valence-electron chi connectivity index (χ1n) is 6.43. The lowest BCUT2D eigenvalue weighted by Crippen LogP contribution is -2.52. The van der Waals surface area contributed by atoms with Crippen molar-refractivity contribution in [2.24, 2.45) is 11.5 Å². The molecule has 4 heteroatoms. The van der Waals surface area contributed by atoms with E-state index in [1.807, 2.05) is 0 Å². The SMILES string of the molecule is CCCCN(CC(N)=O)C1CCCCC1N. The molecule has 0 aromatic rings.